The Morgan fingerprint density at radius 3 is 1.61 bits per heavy atom. The average molecular weight is 322 g/mol. The van der Waals surface area contributed by atoms with Crippen molar-refractivity contribution in [3.05, 3.63) is 90.5 Å². The van der Waals surface area contributed by atoms with Gasteiger partial charge in [-0.2, -0.15) is 10.9 Å². The van der Waals surface area contributed by atoms with Gasteiger partial charge in [0.1, 0.15) is 0 Å². The summed E-state index contributed by atoms with van der Waals surface area (Å²) < 4.78 is 5.49. The zero-order chi connectivity index (χ0) is 15.9. The lowest BCUT2D eigenvalue weighted by Gasteiger charge is -2.23. The van der Waals surface area contributed by atoms with Crippen molar-refractivity contribution in [2.75, 3.05) is 6.61 Å². The molecule has 0 radical (unpaired) electrons. The summed E-state index contributed by atoms with van der Waals surface area (Å²) in [4.78, 5) is 4.13. The fraction of sp³-hybridized carbons (Fsp3) is 0.143. The molecular formula is C21H22OS. The summed E-state index contributed by atoms with van der Waals surface area (Å²) in [6.45, 7) is 3.46. The Kier molecular flexibility index (Phi) is 5.51. The molecule has 3 aromatic carbocycles. The van der Waals surface area contributed by atoms with Crippen molar-refractivity contribution in [3.8, 4) is 0 Å². The van der Waals surface area contributed by atoms with Crippen LogP contribution in [0.4, 0.5) is 0 Å². The van der Waals surface area contributed by atoms with Crippen LogP contribution in [0.5, 0.6) is 0 Å². The standard InChI is InChI=1S/C21H22OS/c1-2-22-17-18-13-15-21(16-14-18)23(19-9-5-3-6-10-19)20-11-7-4-8-12-20/h3-16,23H,2,17H2,1H3. The number of thiol groups is 1. The van der Waals surface area contributed by atoms with Gasteiger partial charge in [0.05, 0.1) is 6.61 Å². The normalized spacial score (nSPS) is 11.3. The minimum absolute atomic E-state index is 0.512. The van der Waals surface area contributed by atoms with Gasteiger partial charge in [-0.15, -0.1) is 0 Å². The SMILES string of the molecule is CCOCc1ccc([SH](c2ccccc2)c2ccccc2)cc1. The number of hydrogen-bond donors (Lipinski definition) is 1. The fourth-order valence-electron chi connectivity index (χ4n) is 2.56. The summed E-state index contributed by atoms with van der Waals surface area (Å²) in [5, 5.41) is 0. The molecule has 0 atom stereocenters. The van der Waals surface area contributed by atoms with E-state index in [4.69, 9.17) is 4.74 Å². The third-order valence-electron chi connectivity index (χ3n) is 3.70. The second-order valence-corrected chi connectivity index (χ2v) is 7.53. The van der Waals surface area contributed by atoms with E-state index in [1.54, 1.807) is 0 Å². The minimum atomic E-state index is -0.512. The van der Waals surface area contributed by atoms with Gasteiger partial charge in [-0.3, -0.25) is 0 Å². The lowest BCUT2D eigenvalue weighted by atomic mass is 10.2. The Morgan fingerprint density at radius 1 is 0.652 bits per heavy atom. The first-order valence-electron chi connectivity index (χ1n) is 7.95. The summed E-state index contributed by atoms with van der Waals surface area (Å²) in [7, 11) is -0.512. The van der Waals surface area contributed by atoms with Crippen molar-refractivity contribution in [1.82, 2.24) is 0 Å². The Labute approximate surface area is 141 Å². The van der Waals surface area contributed by atoms with Crippen molar-refractivity contribution in [3.63, 3.8) is 0 Å². The lowest BCUT2D eigenvalue weighted by Crippen LogP contribution is -1.93. The first-order chi connectivity index (χ1) is 11.4. The summed E-state index contributed by atoms with van der Waals surface area (Å²) in [5.41, 5.74) is 1.23. The van der Waals surface area contributed by atoms with Crippen molar-refractivity contribution >= 4 is 10.9 Å². The van der Waals surface area contributed by atoms with Gasteiger partial charge in [0, 0.05) is 6.61 Å². The Bertz CT molecular complexity index is 668. The van der Waals surface area contributed by atoms with Crippen LogP contribution in [0.25, 0.3) is 0 Å². The monoisotopic (exact) mass is 322 g/mol. The van der Waals surface area contributed by atoms with Crippen LogP contribution in [0.1, 0.15) is 12.5 Å². The number of hydrogen-bond acceptors (Lipinski definition) is 1. The molecule has 0 aliphatic carbocycles. The molecule has 0 saturated heterocycles. The fourth-order valence-corrected chi connectivity index (χ4v) is 4.84. The second-order valence-electron chi connectivity index (χ2n) is 5.31. The molecule has 0 unspecified atom stereocenters. The first-order valence-corrected chi connectivity index (χ1v) is 9.29. The smallest absolute Gasteiger partial charge is 0.0716 e. The third-order valence-corrected chi connectivity index (χ3v) is 6.14. The molecule has 0 aromatic heterocycles. The van der Waals surface area contributed by atoms with Gasteiger partial charge in [-0.1, -0.05) is 48.5 Å². The van der Waals surface area contributed by atoms with Gasteiger partial charge in [0.15, 0.2) is 0 Å². The van der Waals surface area contributed by atoms with E-state index in [1.165, 1.54) is 20.2 Å². The molecule has 3 rings (SSSR count). The molecule has 0 spiro atoms. The van der Waals surface area contributed by atoms with Crippen LogP contribution in [0.2, 0.25) is 0 Å². The molecule has 0 amide bonds. The maximum absolute atomic E-state index is 5.49. The Morgan fingerprint density at radius 2 is 1.13 bits per heavy atom. The maximum atomic E-state index is 5.49. The molecule has 118 valence electrons. The van der Waals surface area contributed by atoms with E-state index in [0.29, 0.717) is 6.61 Å². The summed E-state index contributed by atoms with van der Waals surface area (Å²) >= 11 is 0. The lowest BCUT2D eigenvalue weighted by molar-refractivity contribution is 0.134. The zero-order valence-corrected chi connectivity index (χ0v) is 14.2. The molecule has 23 heavy (non-hydrogen) atoms. The highest BCUT2D eigenvalue weighted by Gasteiger charge is 2.12. The molecule has 3 aromatic rings. The summed E-state index contributed by atoms with van der Waals surface area (Å²) in [5.74, 6) is 0. The molecule has 1 nitrogen and oxygen atoms in total. The second kappa shape index (κ2) is 8.00. The molecule has 0 fully saturated rings. The van der Waals surface area contributed by atoms with Crippen molar-refractivity contribution < 1.29 is 4.74 Å². The van der Waals surface area contributed by atoms with E-state index in [1.807, 2.05) is 6.92 Å². The van der Waals surface area contributed by atoms with E-state index < -0.39 is 10.9 Å². The first kappa shape index (κ1) is 15.9. The molecule has 0 bridgehead atoms. The van der Waals surface area contributed by atoms with Crippen LogP contribution >= 0.6 is 10.9 Å². The number of rotatable bonds is 6. The van der Waals surface area contributed by atoms with E-state index >= 15 is 0 Å². The van der Waals surface area contributed by atoms with Gasteiger partial charge in [0.25, 0.3) is 0 Å². The molecule has 0 N–H and O–H groups in total. The quantitative estimate of drug-likeness (QED) is 0.573. The summed E-state index contributed by atoms with van der Waals surface area (Å²) in [6.07, 6.45) is 0. The molecule has 2 heteroatoms. The number of benzene rings is 3. The van der Waals surface area contributed by atoms with Crippen molar-refractivity contribution in [1.29, 1.82) is 0 Å². The molecule has 0 aliphatic rings. The topological polar surface area (TPSA) is 9.23 Å². The highest BCUT2D eigenvalue weighted by atomic mass is 32.2. The van der Waals surface area contributed by atoms with Crippen molar-refractivity contribution in [2.24, 2.45) is 0 Å². The molecular weight excluding hydrogens is 300 g/mol. The van der Waals surface area contributed by atoms with Crippen molar-refractivity contribution in [2.45, 2.75) is 28.2 Å². The van der Waals surface area contributed by atoms with E-state index in [2.05, 4.69) is 84.9 Å². The largest absolute Gasteiger partial charge is 0.377 e. The van der Waals surface area contributed by atoms with Crippen LogP contribution in [-0.2, 0) is 11.3 Å². The Balaban J connectivity index is 1.96. The molecule has 0 heterocycles. The Hall–Kier alpha value is -2.03. The summed E-state index contributed by atoms with van der Waals surface area (Å²) in [6, 6.07) is 30.4. The third kappa shape index (κ3) is 4.04. The van der Waals surface area contributed by atoms with Gasteiger partial charge in [-0.05, 0) is 63.6 Å². The van der Waals surface area contributed by atoms with Gasteiger partial charge in [0.2, 0.25) is 0 Å². The van der Waals surface area contributed by atoms with Crippen LogP contribution in [-0.4, -0.2) is 6.61 Å². The minimum Gasteiger partial charge on any atom is -0.377 e. The highest BCUT2D eigenvalue weighted by Crippen LogP contribution is 2.50. The van der Waals surface area contributed by atoms with E-state index in [9.17, 15) is 0 Å². The van der Waals surface area contributed by atoms with Crippen LogP contribution in [0, 0.1) is 0 Å². The van der Waals surface area contributed by atoms with E-state index in [0.717, 1.165) is 6.61 Å². The predicted molar refractivity (Wildman–Crippen MR) is 98.4 cm³/mol. The average Bonchev–Trinajstić information content (AvgIpc) is 2.63. The van der Waals surface area contributed by atoms with Gasteiger partial charge in [-0.25, -0.2) is 0 Å². The maximum Gasteiger partial charge on any atom is 0.0716 e. The zero-order valence-electron chi connectivity index (χ0n) is 13.4. The number of ether oxygens (including phenoxy) is 1. The predicted octanol–water partition coefficient (Wildman–Crippen LogP) is 5.70. The van der Waals surface area contributed by atoms with Crippen LogP contribution in [0.3, 0.4) is 0 Å². The van der Waals surface area contributed by atoms with E-state index in [-0.39, 0.29) is 0 Å². The molecule has 0 aliphatic heterocycles. The van der Waals surface area contributed by atoms with Crippen LogP contribution in [0.15, 0.2) is 99.6 Å². The molecule has 0 saturated carbocycles. The van der Waals surface area contributed by atoms with Gasteiger partial charge >= 0.3 is 0 Å². The van der Waals surface area contributed by atoms with Gasteiger partial charge < -0.3 is 4.74 Å². The van der Waals surface area contributed by atoms with Crippen LogP contribution < -0.4 is 0 Å². The highest BCUT2D eigenvalue weighted by molar-refractivity contribution is 8.17.